The summed E-state index contributed by atoms with van der Waals surface area (Å²) in [5.41, 5.74) is 4.21. The number of halogens is 1. The summed E-state index contributed by atoms with van der Waals surface area (Å²) >= 11 is 6.07. The molecule has 198 valence electrons. The Morgan fingerprint density at radius 3 is 2.61 bits per heavy atom. The Kier molecular flexibility index (Phi) is 7.07. The number of aromatic nitrogens is 1. The van der Waals surface area contributed by atoms with E-state index < -0.39 is 11.6 Å². The second-order valence-electron chi connectivity index (χ2n) is 11.1. The van der Waals surface area contributed by atoms with Crippen molar-refractivity contribution >= 4 is 23.1 Å². The maximum Gasteiger partial charge on any atom is 0.335 e. The lowest BCUT2D eigenvalue weighted by Gasteiger charge is -2.50. The van der Waals surface area contributed by atoms with Gasteiger partial charge in [0, 0.05) is 42.6 Å². The highest BCUT2D eigenvalue weighted by atomic mass is 35.5. The van der Waals surface area contributed by atoms with Gasteiger partial charge in [0.2, 0.25) is 5.69 Å². The van der Waals surface area contributed by atoms with E-state index in [-0.39, 0.29) is 11.0 Å². The van der Waals surface area contributed by atoms with Gasteiger partial charge in [-0.15, -0.1) is 0 Å². The SMILES string of the molecule is CC1(C)CN(CC/C=C2/c3cc(C(=O)O)ccc3CCc3c2ccc[n+]3[O-])CC[C@@]1(O)c1ccc(Cl)cc1. The number of benzene rings is 2. The van der Waals surface area contributed by atoms with Crippen molar-refractivity contribution in [3.05, 3.63) is 111 Å². The summed E-state index contributed by atoms with van der Waals surface area (Å²) in [6, 6.07) is 16.4. The van der Waals surface area contributed by atoms with Gasteiger partial charge in [0.15, 0.2) is 6.20 Å². The van der Waals surface area contributed by atoms with Crippen LogP contribution in [-0.4, -0.2) is 40.7 Å². The maximum absolute atomic E-state index is 12.6. The van der Waals surface area contributed by atoms with Gasteiger partial charge in [-0.25, -0.2) is 4.79 Å². The van der Waals surface area contributed by atoms with E-state index in [1.807, 2.05) is 36.4 Å². The Bertz CT molecular complexity index is 1400. The van der Waals surface area contributed by atoms with Crippen LogP contribution in [0.5, 0.6) is 0 Å². The Labute approximate surface area is 228 Å². The van der Waals surface area contributed by atoms with E-state index in [2.05, 4.69) is 24.8 Å². The van der Waals surface area contributed by atoms with Crippen LogP contribution in [-0.2, 0) is 18.4 Å². The number of aryl methyl sites for hydroxylation is 1. The Morgan fingerprint density at radius 1 is 1.13 bits per heavy atom. The summed E-state index contributed by atoms with van der Waals surface area (Å²) in [4.78, 5) is 14.1. The highest BCUT2D eigenvalue weighted by Gasteiger charge is 2.48. The molecule has 0 spiro atoms. The van der Waals surface area contributed by atoms with Crippen molar-refractivity contribution in [3.63, 3.8) is 0 Å². The zero-order chi connectivity index (χ0) is 27.1. The molecule has 2 aliphatic rings. The molecule has 1 aliphatic carbocycles. The molecule has 38 heavy (non-hydrogen) atoms. The molecule has 2 heterocycles. The lowest BCUT2D eigenvalue weighted by molar-refractivity contribution is -0.614. The number of carboxylic acid groups (broad SMARTS) is 1. The first-order valence-corrected chi connectivity index (χ1v) is 13.5. The molecule has 1 aromatic heterocycles. The van der Waals surface area contributed by atoms with E-state index in [0.29, 0.717) is 30.0 Å². The van der Waals surface area contributed by atoms with Crippen molar-refractivity contribution in [1.82, 2.24) is 4.90 Å². The normalized spacial score (nSPS) is 21.9. The number of rotatable bonds is 5. The van der Waals surface area contributed by atoms with Crippen LogP contribution >= 0.6 is 11.6 Å². The van der Waals surface area contributed by atoms with E-state index in [1.54, 1.807) is 18.2 Å². The van der Waals surface area contributed by atoms with Crippen LogP contribution in [0.2, 0.25) is 5.02 Å². The first-order chi connectivity index (χ1) is 18.1. The average molecular weight is 533 g/mol. The molecule has 0 amide bonds. The minimum absolute atomic E-state index is 0.239. The summed E-state index contributed by atoms with van der Waals surface area (Å²) in [5, 5.41) is 34.6. The lowest BCUT2D eigenvalue weighted by Crippen LogP contribution is -2.55. The fourth-order valence-electron chi connectivity index (χ4n) is 6.08. The standard InChI is InChI=1S/C31H33ClN2O4/c1-30(2)20-33(18-15-31(30,37)23-10-12-24(32)13-11-23)16-3-5-25-26-6-4-17-34(38)28(26)14-9-21-7-8-22(29(35)36)19-27(21)25/h4-8,10-13,17,19,37H,3,9,14-16,18,20H2,1-2H3,(H,35,36)/b25-5+/t31-/m1/s1. The van der Waals surface area contributed by atoms with E-state index in [0.717, 1.165) is 58.6 Å². The first kappa shape index (κ1) is 26.4. The summed E-state index contributed by atoms with van der Waals surface area (Å²) < 4.78 is 0.928. The molecule has 1 saturated heterocycles. The third-order valence-electron chi connectivity index (χ3n) is 8.27. The van der Waals surface area contributed by atoms with Crippen molar-refractivity contribution in [2.24, 2.45) is 5.41 Å². The molecule has 0 radical (unpaired) electrons. The number of carbonyl (C=O) groups is 1. The van der Waals surface area contributed by atoms with Crippen molar-refractivity contribution in [1.29, 1.82) is 0 Å². The molecular formula is C31H33ClN2O4. The fraction of sp³-hybridized carbons (Fsp3) is 0.355. The number of aliphatic hydroxyl groups is 1. The molecule has 3 aromatic rings. The predicted molar refractivity (Wildman–Crippen MR) is 148 cm³/mol. The molecule has 5 rings (SSSR count). The second kappa shape index (κ2) is 10.2. The molecular weight excluding hydrogens is 500 g/mol. The van der Waals surface area contributed by atoms with Crippen LogP contribution in [0.4, 0.5) is 0 Å². The summed E-state index contributed by atoms with van der Waals surface area (Å²) in [6.07, 6.45) is 6.28. The topological polar surface area (TPSA) is 87.7 Å². The second-order valence-corrected chi connectivity index (χ2v) is 11.5. The Balaban J connectivity index is 1.40. The Morgan fingerprint density at radius 2 is 1.89 bits per heavy atom. The number of carboxylic acids is 1. The van der Waals surface area contributed by atoms with Gasteiger partial charge in [-0.05, 0) is 71.9 Å². The van der Waals surface area contributed by atoms with Gasteiger partial charge >= 0.3 is 5.97 Å². The molecule has 6 nitrogen and oxygen atoms in total. The van der Waals surface area contributed by atoms with Gasteiger partial charge in [0.05, 0.1) is 16.7 Å². The average Bonchev–Trinajstić information content (AvgIpc) is 3.04. The van der Waals surface area contributed by atoms with Crippen LogP contribution in [0, 0.1) is 10.6 Å². The first-order valence-electron chi connectivity index (χ1n) is 13.1. The van der Waals surface area contributed by atoms with Gasteiger partial charge in [-0.2, -0.15) is 4.73 Å². The Hall–Kier alpha value is -3.19. The van der Waals surface area contributed by atoms with E-state index >= 15 is 0 Å². The van der Waals surface area contributed by atoms with E-state index in [9.17, 15) is 20.2 Å². The quantitative estimate of drug-likeness (QED) is 0.348. The third kappa shape index (κ3) is 4.84. The number of fused-ring (bicyclic) bond motifs is 2. The molecule has 0 saturated carbocycles. The monoisotopic (exact) mass is 532 g/mol. The van der Waals surface area contributed by atoms with Crippen LogP contribution in [0.1, 0.15) is 65.0 Å². The minimum Gasteiger partial charge on any atom is -0.618 e. The zero-order valence-electron chi connectivity index (χ0n) is 21.8. The van der Waals surface area contributed by atoms with Crippen molar-refractivity contribution < 1.29 is 19.7 Å². The number of hydrogen-bond donors (Lipinski definition) is 2. The number of piperidine rings is 1. The fourth-order valence-corrected chi connectivity index (χ4v) is 6.20. The van der Waals surface area contributed by atoms with Crippen LogP contribution < -0.4 is 4.73 Å². The number of likely N-dealkylation sites (tertiary alicyclic amines) is 1. The minimum atomic E-state index is -0.965. The molecule has 2 aromatic carbocycles. The van der Waals surface area contributed by atoms with Gasteiger partial charge in [0.1, 0.15) is 0 Å². The molecule has 1 fully saturated rings. The van der Waals surface area contributed by atoms with Crippen LogP contribution in [0.25, 0.3) is 5.57 Å². The van der Waals surface area contributed by atoms with Crippen LogP contribution in [0.15, 0.2) is 66.9 Å². The molecule has 1 atom stereocenters. The molecule has 0 bridgehead atoms. The molecule has 1 aliphatic heterocycles. The van der Waals surface area contributed by atoms with Gasteiger partial charge < -0.3 is 20.3 Å². The highest BCUT2D eigenvalue weighted by Crippen LogP contribution is 2.46. The predicted octanol–water partition coefficient (Wildman–Crippen LogP) is 5.21. The number of nitrogens with zero attached hydrogens (tertiary/aromatic N) is 2. The summed E-state index contributed by atoms with van der Waals surface area (Å²) in [7, 11) is 0. The smallest absolute Gasteiger partial charge is 0.335 e. The lowest BCUT2D eigenvalue weighted by atomic mass is 9.66. The summed E-state index contributed by atoms with van der Waals surface area (Å²) in [5.74, 6) is -0.965. The summed E-state index contributed by atoms with van der Waals surface area (Å²) in [6.45, 7) is 6.47. The molecule has 7 heteroatoms. The van der Waals surface area contributed by atoms with E-state index in [1.165, 1.54) is 6.20 Å². The number of aromatic carboxylic acids is 1. The third-order valence-corrected chi connectivity index (χ3v) is 8.53. The number of pyridine rings is 1. The number of hydrogen-bond acceptors (Lipinski definition) is 4. The van der Waals surface area contributed by atoms with Gasteiger partial charge in [-0.3, -0.25) is 0 Å². The van der Waals surface area contributed by atoms with Gasteiger partial charge in [0.25, 0.3) is 0 Å². The highest BCUT2D eigenvalue weighted by molar-refractivity contribution is 6.30. The van der Waals surface area contributed by atoms with Crippen LogP contribution in [0.3, 0.4) is 0 Å². The largest absolute Gasteiger partial charge is 0.618 e. The van der Waals surface area contributed by atoms with Crippen molar-refractivity contribution in [2.75, 3.05) is 19.6 Å². The van der Waals surface area contributed by atoms with Gasteiger partial charge in [-0.1, -0.05) is 49.7 Å². The zero-order valence-corrected chi connectivity index (χ0v) is 22.5. The molecule has 0 unspecified atom stereocenters. The van der Waals surface area contributed by atoms with Crippen molar-refractivity contribution in [2.45, 2.75) is 45.1 Å². The maximum atomic E-state index is 12.6. The van der Waals surface area contributed by atoms with E-state index in [4.69, 9.17) is 11.6 Å². The molecule has 2 N–H and O–H groups in total. The van der Waals surface area contributed by atoms with Crippen molar-refractivity contribution in [3.8, 4) is 0 Å².